The topological polar surface area (TPSA) is 77.1 Å². The van der Waals surface area contributed by atoms with Gasteiger partial charge in [0.05, 0.1) is 12.6 Å². The third-order valence-corrected chi connectivity index (χ3v) is 3.02. The fraction of sp³-hybridized carbons (Fsp3) is 0.154. The molecule has 0 saturated heterocycles. The standard InChI is InChI=1S/C13H13N3O2/c1-7-3-4-9(17-2)13-12(7)8(6-15-13)10-5-11(14)16-18-10/h3-6,15H,1-2H3,(H2,14,16). The largest absolute Gasteiger partial charge is 0.495 e. The number of fused-ring (bicyclic) bond motifs is 1. The smallest absolute Gasteiger partial charge is 0.171 e. The van der Waals surface area contributed by atoms with E-state index >= 15 is 0 Å². The molecule has 0 bridgehead atoms. The number of aromatic nitrogens is 2. The zero-order chi connectivity index (χ0) is 12.7. The van der Waals surface area contributed by atoms with E-state index in [0.29, 0.717) is 11.6 Å². The summed E-state index contributed by atoms with van der Waals surface area (Å²) in [6.45, 7) is 2.04. The predicted molar refractivity (Wildman–Crippen MR) is 69.5 cm³/mol. The van der Waals surface area contributed by atoms with E-state index in [4.69, 9.17) is 15.0 Å². The zero-order valence-corrected chi connectivity index (χ0v) is 10.2. The van der Waals surface area contributed by atoms with Crippen LogP contribution in [0.1, 0.15) is 5.56 Å². The fourth-order valence-corrected chi connectivity index (χ4v) is 2.17. The summed E-state index contributed by atoms with van der Waals surface area (Å²) in [7, 11) is 1.65. The number of hydrogen-bond acceptors (Lipinski definition) is 4. The summed E-state index contributed by atoms with van der Waals surface area (Å²) in [4.78, 5) is 3.20. The summed E-state index contributed by atoms with van der Waals surface area (Å²) in [5.74, 6) is 1.82. The van der Waals surface area contributed by atoms with Crippen LogP contribution in [0.5, 0.6) is 5.75 Å². The summed E-state index contributed by atoms with van der Waals surface area (Å²) in [5, 5.41) is 4.77. The van der Waals surface area contributed by atoms with Crippen molar-refractivity contribution in [3.63, 3.8) is 0 Å². The molecule has 0 radical (unpaired) electrons. The molecule has 92 valence electrons. The predicted octanol–water partition coefficient (Wildman–Crippen LogP) is 2.72. The third-order valence-electron chi connectivity index (χ3n) is 3.02. The third kappa shape index (κ3) is 1.44. The van der Waals surface area contributed by atoms with Crippen LogP contribution >= 0.6 is 0 Å². The SMILES string of the molecule is COc1ccc(C)c2c(-c3cc(N)no3)c[nH]c12. The van der Waals surface area contributed by atoms with Crippen molar-refractivity contribution < 1.29 is 9.26 Å². The Morgan fingerprint density at radius 2 is 2.22 bits per heavy atom. The Labute approximate surface area is 104 Å². The van der Waals surface area contributed by atoms with Gasteiger partial charge in [0.2, 0.25) is 0 Å². The van der Waals surface area contributed by atoms with E-state index in [9.17, 15) is 0 Å². The van der Waals surface area contributed by atoms with Gasteiger partial charge in [-0.1, -0.05) is 11.2 Å². The number of aryl methyl sites for hydroxylation is 1. The summed E-state index contributed by atoms with van der Waals surface area (Å²) >= 11 is 0. The molecule has 0 aliphatic heterocycles. The molecule has 0 saturated carbocycles. The first-order valence-electron chi connectivity index (χ1n) is 5.58. The maximum Gasteiger partial charge on any atom is 0.171 e. The van der Waals surface area contributed by atoms with Gasteiger partial charge in [-0.15, -0.1) is 0 Å². The number of methoxy groups -OCH3 is 1. The molecule has 5 nitrogen and oxygen atoms in total. The first kappa shape index (κ1) is 10.7. The van der Waals surface area contributed by atoms with Gasteiger partial charge in [-0.25, -0.2) is 0 Å². The quantitative estimate of drug-likeness (QED) is 0.725. The molecular weight excluding hydrogens is 230 g/mol. The van der Waals surface area contributed by atoms with Gasteiger partial charge in [0.25, 0.3) is 0 Å². The van der Waals surface area contributed by atoms with Gasteiger partial charge >= 0.3 is 0 Å². The van der Waals surface area contributed by atoms with E-state index in [-0.39, 0.29) is 0 Å². The number of benzene rings is 1. The van der Waals surface area contributed by atoms with E-state index in [1.54, 1.807) is 13.2 Å². The Hall–Kier alpha value is -2.43. The number of ether oxygens (including phenoxy) is 1. The minimum atomic E-state index is 0.375. The number of nitrogens with one attached hydrogen (secondary N) is 1. The number of rotatable bonds is 2. The van der Waals surface area contributed by atoms with Gasteiger partial charge in [0, 0.05) is 23.2 Å². The lowest BCUT2D eigenvalue weighted by Crippen LogP contribution is -1.86. The Morgan fingerprint density at radius 1 is 1.39 bits per heavy atom. The first-order valence-corrected chi connectivity index (χ1v) is 5.58. The van der Waals surface area contributed by atoms with Gasteiger partial charge < -0.3 is 20.0 Å². The molecule has 1 aromatic carbocycles. The number of nitrogen functional groups attached to an aromatic ring is 1. The molecule has 5 heteroatoms. The van der Waals surface area contributed by atoms with Crippen LogP contribution in [-0.2, 0) is 0 Å². The van der Waals surface area contributed by atoms with Crippen LogP contribution in [0.2, 0.25) is 0 Å². The zero-order valence-electron chi connectivity index (χ0n) is 10.2. The van der Waals surface area contributed by atoms with Crippen LogP contribution in [0.3, 0.4) is 0 Å². The fourth-order valence-electron chi connectivity index (χ4n) is 2.17. The van der Waals surface area contributed by atoms with Crippen LogP contribution in [0, 0.1) is 6.92 Å². The monoisotopic (exact) mass is 243 g/mol. The molecule has 0 aliphatic carbocycles. The second-order valence-corrected chi connectivity index (χ2v) is 4.15. The van der Waals surface area contributed by atoms with Crippen molar-refractivity contribution in [2.45, 2.75) is 6.92 Å². The summed E-state index contributed by atoms with van der Waals surface area (Å²) < 4.78 is 10.5. The first-order chi connectivity index (χ1) is 8.70. The van der Waals surface area contributed by atoms with Gasteiger partial charge in [0.1, 0.15) is 5.75 Å². The van der Waals surface area contributed by atoms with E-state index in [2.05, 4.69) is 10.1 Å². The highest BCUT2D eigenvalue weighted by atomic mass is 16.5. The van der Waals surface area contributed by atoms with Crippen LogP contribution in [0.15, 0.2) is 28.9 Å². The molecule has 3 N–H and O–H groups in total. The van der Waals surface area contributed by atoms with E-state index < -0.39 is 0 Å². The molecule has 2 heterocycles. The van der Waals surface area contributed by atoms with Gasteiger partial charge in [0.15, 0.2) is 11.6 Å². The van der Waals surface area contributed by atoms with E-state index in [0.717, 1.165) is 27.8 Å². The Bertz CT molecular complexity index is 712. The van der Waals surface area contributed by atoms with Gasteiger partial charge in [-0.3, -0.25) is 0 Å². The van der Waals surface area contributed by atoms with Crippen molar-refractivity contribution in [3.8, 4) is 17.1 Å². The molecule has 2 aromatic heterocycles. The Morgan fingerprint density at radius 3 is 2.89 bits per heavy atom. The molecule has 0 spiro atoms. The number of H-pyrrole nitrogens is 1. The maximum atomic E-state index is 5.58. The van der Waals surface area contributed by atoms with Crippen molar-refractivity contribution in [1.82, 2.24) is 10.1 Å². The van der Waals surface area contributed by atoms with E-state index in [1.165, 1.54) is 0 Å². The Balaban J connectivity index is 2.31. The van der Waals surface area contributed by atoms with Crippen molar-refractivity contribution >= 4 is 16.7 Å². The minimum Gasteiger partial charge on any atom is -0.495 e. The minimum absolute atomic E-state index is 0.375. The maximum absolute atomic E-state index is 5.58. The van der Waals surface area contributed by atoms with Crippen LogP contribution in [0.25, 0.3) is 22.2 Å². The number of nitrogens with two attached hydrogens (primary N) is 1. The lowest BCUT2D eigenvalue weighted by atomic mass is 10.1. The molecule has 0 amide bonds. The summed E-state index contributed by atoms with van der Waals surface area (Å²) in [5.41, 5.74) is 8.60. The number of hydrogen-bond donors (Lipinski definition) is 2. The van der Waals surface area contributed by atoms with Gasteiger partial charge in [-0.2, -0.15) is 0 Å². The second kappa shape index (κ2) is 3.80. The molecule has 0 atom stereocenters. The molecule has 3 rings (SSSR count). The highest BCUT2D eigenvalue weighted by Gasteiger charge is 2.15. The molecule has 18 heavy (non-hydrogen) atoms. The lowest BCUT2D eigenvalue weighted by molar-refractivity contribution is 0.419. The van der Waals surface area contributed by atoms with Crippen LogP contribution < -0.4 is 10.5 Å². The number of anilines is 1. The van der Waals surface area contributed by atoms with Crippen molar-refractivity contribution in [1.29, 1.82) is 0 Å². The number of nitrogens with zero attached hydrogens (tertiary/aromatic N) is 1. The molecule has 3 aromatic rings. The molecule has 0 fully saturated rings. The highest BCUT2D eigenvalue weighted by molar-refractivity contribution is 5.99. The molecule has 0 aliphatic rings. The van der Waals surface area contributed by atoms with Crippen molar-refractivity contribution in [2.75, 3.05) is 12.8 Å². The molecular formula is C13H13N3O2. The second-order valence-electron chi connectivity index (χ2n) is 4.15. The van der Waals surface area contributed by atoms with Crippen LogP contribution in [0.4, 0.5) is 5.82 Å². The number of aromatic amines is 1. The van der Waals surface area contributed by atoms with Crippen LogP contribution in [-0.4, -0.2) is 17.3 Å². The van der Waals surface area contributed by atoms with Gasteiger partial charge in [-0.05, 0) is 18.6 Å². The van der Waals surface area contributed by atoms with E-state index in [1.807, 2.05) is 25.3 Å². The lowest BCUT2D eigenvalue weighted by Gasteiger charge is -2.04. The summed E-state index contributed by atoms with van der Waals surface area (Å²) in [6, 6.07) is 5.66. The summed E-state index contributed by atoms with van der Waals surface area (Å²) in [6.07, 6.45) is 1.88. The normalized spacial score (nSPS) is 11.0. The average molecular weight is 243 g/mol. The highest BCUT2D eigenvalue weighted by Crippen LogP contribution is 2.36. The average Bonchev–Trinajstić information content (AvgIpc) is 2.96. The Kier molecular flexibility index (Phi) is 2.26. The van der Waals surface area contributed by atoms with Crippen molar-refractivity contribution in [3.05, 3.63) is 30.0 Å². The van der Waals surface area contributed by atoms with Crippen molar-refractivity contribution in [2.24, 2.45) is 0 Å². The molecule has 0 unspecified atom stereocenters.